The molecule has 0 spiro atoms. The van der Waals surface area contributed by atoms with Gasteiger partial charge in [0.1, 0.15) is 12.3 Å². The summed E-state index contributed by atoms with van der Waals surface area (Å²) in [6.07, 6.45) is 1.44. The monoisotopic (exact) mass is 228 g/mol. The van der Waals surface area contributed by atoms with E-state index >= 15 is 0 Å². The third-order valence-electron chi connectivity index (χ3n) is 2.56. The lowest BCUT2D eigenvalue weighted by Gasteiger charge is -2.13. The van der Waals surface area contributed by atoms with Crippen molar-refractivity contribution in [3.8, 4) is 0 Å². The molecule has 1 aromatic rings. The van der Waals surface area contributed by atoms with Gasteiger partial charge >= 0.3 is 5.56 Å². The molecule has 1 aliphatic rings. The first-order valence-corrected chi connectivity index (χ1v) is 4.87. The highest BCUT2D eigenvalue weighted by Crippen LogP contribution is 2.26. The van der Waals surface area contributed by atoms with Crippen molar-refractivity contribution in [3.05, 3.63) is 34.2 Å². The van der Waals surface area contributed by atoms with Crippen LogP contribution in [0.3, 0.4) is 0 Å². The van der Waals surface area contributed by atoms with E-state index in [-0.39, 0.29) is 13.0 Å². The molecular formula is C9H12N2O5. The van der Waals surface area contributed by atoms with E-state index < -0.39 is 24.0 Å². The van der Waals surface area contributed by atoms with Crippen LogP contribution >= 0.6 is 0 Å². The maximum atomic E-state index is 11.4. The van der Waals surface area contributed by atoms with Crippen molar-refractivity contribution in [2.75, 3.05) is 6.61 Å². The normalized spacial score (nSPS) is 29.5. The van der Waals surface area contributed by atoms with E-state index in [1.807, 2.05) is 0 Å². The number of aliphatic hydroxyl groups excluding tert-OH is 2. The van der Waals surface area contributed by atoms with Crippen molar-refractivity contribution in [3.63, 3.8) is 0 Å². The molecule has 7 nitrogen and oxygen atoms in total. The lowest BCUT2D eigenvalue weighted by atomic mass is 10.2. The van der Waals surface area contributed by atoms with Crippen LogP contribution in [-0.2, 0) is 4.74 Å². The summed E-state index contributed by atoms with van der Waals surface area (Å²) in [4.78, 5) is 11.4. The zero-order valence-corrected chi connectivity index (χ0v) is 8.39. The van der Waals surface area contributed by atoms with Crippen molar-refractivity contribution < 1.29 is 19.7 Å². The van der Waals surface area contributed by atoms with E-state index in [1.165, 1.54) is 17.0 Å². The second-order valence-corrected chi connectivity index (χ2v) is 3.65. The van der Waals surface area contributed by atoms with E-state index in [2.05, 4.69) is 0 Å². The van der Waals surface area contributed by atoms with Crippen LogP contribution in [-0.4, -0.2) is 33.6 Å². The van der Waals surface area contributed by atoms with Crippen LogP contribution in [0.4, 0.5) is 0 Å². The SMILES string of the molecule is O=c1c[n+]([O-])ccn1[C@H]1C[C@H](O)[C@@H](CO)O1. The number of nitrogens with zero attached hydrogens (tertiary/aromatic N) is 2. The number of hydrogen-bond donors (Lipinski definition) is 2. The Morgan fingerprint density at radius 2 is 2.44 bits per heavy atom. The van der Waals surface area contributed by atoms with Crippen molar-refractivity contribution in [2.45, 2.75) is 24.9 Å². The maximum Gasteiger partial charge on any atom is 0.318 e. The highest BCUT2D eigenvalue weighted by Gasteiger charge is 2.34. The quantitative estimate of drug-likeness (QED) is 0.456. The molecule has 2 rings (SSSR count). The van der Waals surface area contributed by atoms with E-state index in [4.69, 9.17) is 9.84 Å². The Hall–Kier alpha value is -1.44. The molecule has 1 aliphatic heterocycles. The second-order valence-electron chi connectivity index (χ2n) is 3.65. The summed E-state index contributed by atoms with van der Waals surface area (Å²) in [5.41, 5.74) is -0.506. The summed E-state index contributed by atoms with van der Waals surface area (Å²) >= 11 is 0. The minimum atomic E-state index is -0.804. The van der Waals surface area contributed by atoms with Gasteiger partial charge in [-0.1, -0.05) is 0 Å². The van der Waals surface area contributed by atoms with Gasteiger partial charge in [-0.05, 0) is 0 Å². The standard InChI is InChI=1S/C9H12N2O5/c12-5-7-6(13)3-9(16-7)11-2-1-10(15)4-8(11)14/h1-2,4,6-7,9,12-13H,3,5H2/t6-,7+,9+/m0/s1. The number of hydrogen-bond acceptors (Lipinski definition) is 5. The van der Waals surface area contributed by atoms with Gasteiger partial charge in [0.2, 0.25) is 6.20 Å². The fraction of sp³-hybridized carbons (Fsp3) is 0.556. The zero-order valence-electron chi connectivity index (χ0n) is 8.39. The molecule has 0 unspecified atom stereocenters. The highest BCUT2D eigenvalue weighted by molar-refractivity contribution is 4.85. The Balaban J connectivity index is 2.23. The average molecular weight is 228 g/mol. The molecule has 1 aromatic heterocycles. The molecule has 0 amide bonds. The van der Waals surface area contributed by atoms with Crippen LogP contribution in [0, 0.1) is 5.21 Å². The topological polar surface area (TPSA) is 98.6 Å². The summed E-state index contributed by atoms with van der Waals surface area (Å²) in [5.74, 6) is 0. The summed E-state index contributed by atoms with van der Waals surface area (Å²) < 4.78 is 6.89. The average Bonchev–Trinajstić information content (AvgIpc) is 2.59. The predicted molar refractivity (Wildman–Crippen MR) is 51.3 cm³/mol. The lowest BCUT2D eigenvalue weighted by molar-refractivity contribution is -0.607. The summed E-state index contributed by atoms with van der Waals surface area (Å²) in [5, 5.41) is 29.2. The van der Waals surface area contributed by atoms with E-state index in [1.54, 1.807) is 0 Å². The van der Waals surface area contributed by atoms with Gasteiger partial charge in [0.05, 0.1) is 18.9 Å². The van der Waals surface area contributed by atoms with Crippen LogP contribution in [0.5, 0.6) is 0 Å². The molecule has 3 atom stereocenters. The summed E-state index contributed by atoms with van der Waals surface area (Å²) in [7, 11) is 0. The van der Waals surface area contributed by atoms with Crippen molar-refractivity contribution in [1.82, 2.24) is 4.57 Å². The Labute approximate surface area is 90.7 Å². The minimum Gasteiger partial charge on any atom is -0.619 e. The molecule has 7 heteroatoms. The minimum absolute atomic E-state index is 0.216. The first-order chi connectivity index (χ1) is 7.61. The van der Waals surface area contributed by atoms with E-state index in [9.17, 15) is 15.1 Å². The fourth-order valence-corrected chi connectivity index (χ4v) is 1.72. The molecule has 0 aromatic carbocycles. The number of aliphatic hydroxyl groups is 2. The van der Waals surface area contributed by atoms with Gasteiger partial charge in [-0.2, -0.15) is 4.73 Å². The number of rotatable bonds is 2. The second kappa shape index (κ2) is 4.20. The Bertz CT molecular complexity index is 432. The van der Waals surface area contributed by atoms with Gasteiger partial charge < -0.3 is 20.2 Å². The zero-order chi connectivity index (χ0) is 11.7. The third kappa shape index (κ3) is 1.92. The molecule has 1 saturated heterocycles. The molecule has 0 aliphatic carbocycles. The van der Waals surface area contributed by atoms with E-state index in [0.29, 0.717) is 4.73 Å². The largest absolute Gasteiger partial charge is 0.619 e. The molecule has 1 fully saturated rings. The molecule has 2 N–H and O–H groups in total. The lowest BCUT2D eigenvalue weighted by Crippen LogP contribution is -2.36. The molecule has 16 heavy (non-hydrogen) atoms. The molecule has 0 saturated carbocycles. The van der Waals surface area contributed by atoms with Gasteiger partial charge in [-0.3, -0.25) is 9.36 Å². The van der Waals surface area contributed by atoms with Crippen molar-refractivity contribution >= 4 is 0 Å². The van der Waals surface area contributed by atoms with Crippen LogP contribution in [0.25, 0.3) is 0 Å². The van der Waals surface area contributed by atoms with Crippen LogP contribution in [0.1, 0.15) is 12.6 Å². The first-order valence-electron chi connectivity index (χ1n) is 4.87. The molecular weight excluding hydrogens is 216 g/mol. The number of ether oxygens (including phenoxy) is 1. The molecule has 2 heterocycles. The number of aromatic nitrogens is 2. The van der Waals surface area contributed by atoms with Crippen molar-refractivity contribution in [1.29, 1.82) is 0 Å². The predicted octanol–water partition coefficient (Wildman–Crippen LogP) is -1.88. The summed E-state index contributed by atoms with van der Waals surface area (Å²) in [6.45, 7) is -0.305. The Morgan fingerprint density at radius 3 is 3.00 bits per heavy atom. The Kier molecular flexibility index (Phi) is 2.90. The van der Waals surface area contributed by atoms with Gasteiger partial charge in [0.15, 0.2) is 6.20 Å². The molecule has 0 bridgehead atoms. The van der Waals surface area contributed by atoms with Crippen molar-refractivity contribution in [2.24, 2.45) is 0 Å². The highest BCUT2D eigenvalue weighted by atomic mass is 16.5. The Morgan fingerprint density at radius 1 is 1.69 bits per heavy atom. The van der Waals surface area contributed by atoms with Gasteiger partial charge in [0.25, 0.3) is 0 Å². The first kappa shape index (κ1) is 11.1. The molecule has 88 valence electrons. The van der Waals surface area contributed by atoms with Gasteiger partial charge in [-0.25, -0.2) is 0 Å². The van der Waals surface area contributed by atoms with Crippen LogP contribution in [0.15, 0.2) is 23.4 Å². The third-order valence-corrected chi connectivity index (χ3v) is 2.56. The van der Waals surface area contributed by atoms with Crippen LogP contribution < -0.4 is 10.3 Å². The van der Waals surface area contributed by atoms with Gasteiger partial charge in [-0.15, -0.1) is 0 Å². The smallest absolute Gasteiger partial charge is 0.318 e. The fourth-order valence-electron chi connectivity index (χ4n) is 1.72. The molecule has 0 radical (unpaired) electrons. The van der Waals surface area contributed by atoms with E-state index in [0.717, 1.165) is 6.20 Å². The van der Waals surface area contributed by atoms with Gasteiger partial charge in [0, 0.05) is 6.42 Å². The maximum absolute atomic E-state index is 11.4. The van der Waals surface area contributed by atoms with Crippen LogP contribution in [0.2, 0.25) is 0 Å². The summed E-state index contributed by atoms with van der Waals surface area (Å²) in [6, 6.07) is 0.